The van der Waals surface area contributed by atoms with E-state index in [2.05, 4.69) is 63.8 Å². The van der Waals surface area contributed by atoms with Crippen molar-refractivity contribution in [3.8, 4) is 23.0 Å². The Morgan fingerprint density at radius 3 is 0.684 bits per heavy atom. The summed E-state index contributed by atoms with van der Waals surface area (Å²) in [6.07, 6.45) is 0.402. The molecule has 0 saturated heterocycles. The number of rotatable bonds is 7. The van der Waals surface area contributed by atoms with Crippen LogP contribution in [0.2, 0.25) is 0 Å². The molecule has 0 fully saturated rings. The molecule has 2 unspecified atom stereocenters. The van der Waals surface area contributed by atoms with Gasteiger partial charge in [-0.15, -0.1) is 0 Å². The number of phenols is 4. The van der Waals surface area contributed by atoms with Crippen LogP contribution in [-0.2, 0) is 0 Å². The molecule has 8 rings (SSSR count). The zero-order chi connectivity index (χ0) is 68.9. The fourth-order valence-corrected chi connectivity index (χ4v) is 10.6. The zero-order valence-corrected chi connectivity index (χ0v) is 52.9. The van der Waals surface area contributed by atoms with Crippen LogP contribution in [0, 0.1) is 0 Å². The van der Waals surface area contributed by atoms with E-state index in [0.29, 0.717) is 6.42 Å². The molecule has 33 nitrogen and oxygen atoms in total. The van der Waals surface area contributed by atoms with Crippen molar-refractivity contribution in [2.75, 3.05) is 165 Å². The molecule has 510 valence electrons. The second kappa shape index (κ2) is 34.4. The van der Waals surface area contributed by atoms with Gasteiger partial charge in [0.15, 0.2) is 0 Å². The molecule has 18 N–H and O–H groups in total. The molecule has 4 heterocycles. The van der Waals surface area contributed by atoms with E-state index in [1.165, 1.54) is 21.1 Å². The molecule has 0 aliphatic carbocycles. The number of amides is 12. The standard InChI is InChI=1S/C62H81N17O16/c1-64-51(84)35-27-39-47(80)40(28-35)56(89)69-8-16-77-18-10-71-58(91)42-30-36(52(85)65-2)29-41(48(42)81)57(90)70-9-17-76(15-7-68-55(39)88)23-25-78-19-11-72-59(92)43-31-37(53(86)66-3)32-44(49(43)82)60(93)73-12-20-79(26-24-77)22-14-75-62(95)46-34-38(54(87)67-6-4-5-63)33-45(50(46)83)61(94)74-13-21-78/h27-34,80-83H,4-26,63H2,1-3H3,(H,64,84)(H,65,85)(H,66,86)(H,67,87)(H,68,88)(H,69,89)(H,70,90)(H,71,91)(H,72,92)(H,73,93)(H,74,94)(H,75,95). The summed E-state index contributed by atoms with van der Waals surface area (Å²) in [5.41, 5.74) is 1.72. The van der Waals surface area contributed by atoms with Gasteiger partial charge >= 0.3 is 0 Å². The van der Waals surface area contributed by atoms with Gasteiger partial charge in [-0.25, -0.2) is 0 Å². The summed E-state index contributed by atoms with van der Waals surface area (Å²) in [5.74, 6) is -12.8. The second-order valence-electron chi connectivity index (χ2n) is 22.2. The number of hydrogen-bond acceptors (Lipinski definition) is 21. The van der Waals surface area contributed by atoms with Gasteiger partial charge in [-0.3, -0.25) is 77.1 Å². The first-order valence-electron chi connectivity index (χ1n) is 30.8. The number of nitrogens with zero attached hydrogens (tertiary/aromatic N) is 4. The van der Waals surface area contributed by atoms with Crippen molar-refractivity contribution < 1.29 is 78.0 Å². The molecule has 0 aromatic heterocycles. The van der Waals surface area contributed by atoms with Crippen molar-refractivity contribution in [3.05, 3.63) is 115 Å². The van der Waals surface area contributed by atoms with E-state index < -0.39 is 138 Å². The summed E-state index contributed by atoms with van der Waals surface area (Å²) < 4.78 is 0. The average Bonchev–Trinajstić information content (AvgIpc) is 0.834. The second-order valence-corrected chi connectivity index (χ2v) is 22.2. The van der Waals surface area contributed by atoms with E-state index in [0.717, 1.165) is 48.5 Å². The third-order valence-electron chi connectivity index (χ3n) is 16.0. The van der Waals surface area contributed by atoms with Crippen LogP contribution in [0.3, 0.4) is 0 Å². The minimum absolute atomic E-state index is 0.0235. The topological polar surface area (TPSA) is 469 Å². The molecule has 4 aromatic carbocycles. The van der Waals surface area contributed by atoms with Gasteiger partial charge in [-0.2, -0.15) is 0 Å². The highest BCUT2D eigenvalue weighted by Crippen LogP contribution is 2.29. The van der Waals surface area contributed by atoms with Crippen molar-refractivity contribution in [2.24, 2.45) is 5.73 Å². The first kappa shape index (κ1) is 72.0. The molecule has 0 saturated carbocycles. The van der Waals surface area contributed by atoms with Crippen LogP contribution in [-0.4, -0.2) is 276 Å². The van der Waals surface area contributed by atoms with E-state index >= 15 is 0 Å². The third kappa shape index (κ3) is 19.1. The Kier molecular flexibility index (Phi) is 26.1. The lowest BCUT2D eigenvalue weighted by atomic mass is 10.0. The Labute approximate surface area is 546 Å². The Balaban J connectivity index is 1.38. The van der Waals surface area contributed by atoms with Crippen molar-refractivity contribution in [3.63, 3.8) is 0 Å². The summed E-state index contributed by atoms with van der Waals surface area (Å²) >= 11 is 0. The lowest BCUT2D eigenvalue weighted by Crippen LogP contribution is -2.46. The first-order chi connectivity index (χ1) is 45.6. The number of carbonyl (C=O) groups is 12. The van der Waals surface area contributed by atoms with Crippen LogP contribution >= 0.6 is 0 Å². The summed E-state index contributed by atoms with van der Waals surface area (Å²) in [6, 6.07) is 8.98. The molecule has 12 bridgehead atoms. The first-order valence-corrected chi connectivity index (χ1v) is 30.8. The largest absolute Gasteiger partial charge is 0.506 e. The number of fused-ring (bicyclic) bond motifs is 16. The zero-order valence-electron chi connectivity index (χ0n) is 52.9. The van der Waals surface area contributed by atoms with Crippen molar-refractivity contribution in [1.82, 2.24) is 83.4 Å². The lowest BCUT2D eigenvalue weighted by molar-refractivity contribution is 0.0906. The summed E-state index contributed by atoms with van der Waals surface area (Å²) in [5, 5.41) is 78.5. The molecule has 4 aliphatic heterocycles. The molecule has 0 spiro atoms. The minimum Gasteiger partial charge on any atom is -0.506 e. The number of phenolic OH excluding ortho intramolecular Hbond substituents is 4. The molecule has 4 aliphatic rings. The number of hydrogen-bond donors (Lipinski definition) is 17. The molecule has 2 atom stereocenters. The minimum atomic E-state index is -0.888. The molecule has 33 heteroatoms. The van der Waals surface area contributed by atoms with Gasteiger partial charge in [-0.05, 0) is 61.5 Å². The third-order valence-corrected chi connectivity index (χ3v) is 16.0. The van der Waals surface area contributed by atoms with E-state index in [9.17, 15) is 78.0 Å². The van der Waals surface area contributed by atoms with Crippen LogP contribution in [0.5, 0.6) is 23.0 Å². The van der Waals surface area contributed by atoms with Crippen LogP contribution < -0.4 is 69.5 Å². The highest BCUT2D eigenvalue weighted by molar-refractivity contribution is 6.11. The molecule has 0 radical (unpaired) electrons. The van der Waals surface area contributed by atoms with Crippen LogP contribution in [0.1, 0.15) is 131 Å². The monoisotopic (exact) mass is 1320 g/mol. The normalized spacial score (nSPS) is 19.6. The Hall–Kier alpha value is -10.5. The van der Waals surface area contributed by atoms with Gasteiger partial charge in [0.2, 0.25) is 0 Å². The smallest absolute Gasteiger partial charge is 0.255 e. The molecular formula is C62H81N17O16. The van der Waals surface area contributed by atoms with Crippen molar-refractivity contribution in [2.45, 2.75) is 6.42 Å². The number of nitrogens with one attached hydrogen (secondary N) is 12. The summed E-state index contributed by atoms with van der Waals surface area (Å²) in [7, 11) is 4.02. The lowest BCUT2D eigenvalue weighted by Gasteiger charge is -2.29. The molecule has 95 heavy (non-hydrogen) atoms. The fraction of sp³-hybridized carbons (Fsp3) is 0.419. The van der Waals surface area contributed by atoms with Crippen molar-refractivity contribution in [1.29, 1.82) is 0 Å². The molecule has 12 amide bonds. The Bertz CT molecular complexity index is 3310. The van der Waals surface area contributed by atoms with E-state index in [1.807, 2.05) is 0 Å². The van der Waals surface area contributed by atoms with Gasteiger partial charge in [0.1, 0.15) is 23.0 Å². The number of nitrogens with two attached hydrogens (primary N) is 1. The summed E-state index contributed by atoms with van der Waals surface area (Å²) in [4.78, 5) is 173. The maximum absolute atomic E-state index is 14.3. The van der Waals surface area contributed by atoms with Gasteiger partial charge in [-0.1, -0.05) is 0 Å². The molecule has 4 aromatic rings. The van der Waals surface area contributed by atoms with E-state index in [1.54, 1.807) is 19.6 Å². The van der Waals surface area contributed by atoms with Gasteiger partial charge < -0.3 is 90.0 Å². The fourth-order valence-electron chi connectivity index (χ4n) is 10.6. The SMILES string of the molecule is CNC(=O)c1cc2c(O)c(c1)C(=O)NCCN1CCNC(=O)c3cc(C(=O)NC)cc(c3O)C(=O)NCCN(CCNC2=O)CCN2CCNC(=O)c3cc(C(=O)NC)cc(c3O)C(=O)NCCN(CCNC(=O)c3cc(C(=O)NCCCN)cc(c3O)C(=O)NCC2)CC1. The van der Waals surface area contributed by atoms with Gasteiger partial charge in [0.25, 0.3) is 70.9 Å². The molecular weight excluding hydrogens is 1240 g/mol. The quantitative estimate of drug-likeness (QED) is 0.0781. The van der Waals surface area contributed by atoms with Crippen LogP contribution in [0.4, 0.5) is 0 Å². The maximum atomic E-state index is 14.3. The van der Waals surface area contributed by atoms with Crippen LogP contribution in [0.15, 0.2) is 48.5 Å². The highest BCUT2D eigenvalue weighted by Gasteiger charge is 2.29. The number of benzene rings is 4. The predicted molar refractivity (Wildman–Crippen MR) is 343 cm³/mol. The number of aromatic hydroxyl groups is 4. The van der Waals surface area contributed by atoms with Crippen molar-refractivity contribution >= 4 is 70.9 Å². The Morgan fingerprint density at radius 1 is 0.337 bits per heavy atom. The van der Waals surface area contributed by atoms with Gasteiger partial charge in [0.05, 0.1) is 44.5 Å². The van der Waals surface area contributed by atoms with Crippen LogP contribution in [0.25, 0.3) is 0 Å². The van der Waals surface area contributed by atoms with Gasteiger partial charge in [0, 0.05) is 181 Å². The van der Waals surface area contributed by atoms with E-state index in [4.69, 9.17) is 5.73 Å². The highest BCUT2D eigenvalue weighted by atomic mass is 16.3. The van der Waals surface area contributed by atoms with E-state index in [-0.39, 0.29) is 166 Å². The Morgan fingerprint density at radius 2 is 0.516 bits per heavy atom. The predicted octanol–water partition coefficient (Wildman–Crippen LogP) is -4.15. The maximum Gasteiger partial charge on any atom is 0.255 e. The average molecular weight is 1320 g/mol. The number of carbonyl (C=O) groups excluding carboxylic acids is 12. The summed E-state index contributed by atoms with van der Waals surface area (Å²) in [6.45, 7) is -1.06.